The van der Waals surface area contributed by atoms with Crippen molar-refractivity contribution in [1.82, 2.24) is 4.90 Å². The predicted octanol–water partition coefficient (Wildman–Crippen LogP) is 8.70. The van der Waals surface area contributed by atoms with Gasteiger partial charge in [0, 0.05) is 19.0 Å². The third-order valence-corrected chi connectivity index (χ3v) is 8.57. The summed E-state index contributed by atoms with van der Waals surface area (Å²) >= 11 is 0. The number of benzene rings is 4. The van der Waals surface area contributed by atoms with E-state index in [2.05, 4.69) is 66.4 Å². The van der Waals surface area contributed by atoms with E-state index in [9.17, 15) is 19.8 Å². The minimum absolute atomic E-state index is 0.103. The molecular weight excluding hydrogens is 574 g/mol. The van der Waals surface area contributed by atoms with E-state index in [0.717, 1.165) is 79.6 Å². The van der Waals surface area contributed by atoms with Crippen LogP contribution in [0.1, 0.15) is 88.8 Å². The fourth-order valence-electron chi connectivity index (χ4n) is 6.02. The Hall–Kier alpha value is -4.42. The SMILES string of the molecule is CCCC(c1ccc(C(=O)O)cc1C)N(CCCCC(=O)O)CCc1ccccc1OCc1ccc(CCc2ccccc2)cc1. The highest BCUT2D eigenvalue weighted by atomic mass is 16.5. The summed E-state index contributed by atoms with van der Waals surface area (Å²) in [5.41, 5.74) is 7.29. The third kappa shape index (κ3) is 10.6. The molecule has 46 heavy (non-hydrogen) atoms. The van der Waals surface area contributed by atoms with Crippen LogP contribution in [-0.4, -0.2) is 40.1 Å². The quantitative estimate of drug-likeness (QED) is 0.102. The van der Waals surface area contributed by atoms with Gasteiger partial charge in [0.25, 0.3) is 0 Å². The first-order chi connectivity index (χ1) is 22.3. The van der Waals surface area contributed by atoms with Crippen LogP contribution in [0.2, 0.25) is 0 Å². The summed E-state index contributed by atoms with van der Waals surface area (Å²) in [5, 5.41) is 18.7. The topological polar surface area (TPSA) is 87.1 Å². The van der Waals surface area contributed by atoms with E-state index in [1.165, 1.54) is 11.1 Å². The number of rotatable bonds is 19. The Labute approximate surface area is 273 Å². The highest BCUT2D eigenvalue weighted by molar-refractivity contribution is 5.87. The number of para-hydroxylation sites is 1. The molecule has 0 amide bonds. The number of aromatic carboxylic acids is 1. The van der Waals surface area contributed by atoms with Gasteiger partial charge in [0.15, 0.2) is 0 Å². The van der Waals surface area contributed by atoms with Crippen molar-refractivity contribution in [3.8, 4) is 5.75 Å². The number of aryl methyl sites for hydroxylation is 3. The van der Waals surface area contributed by atoms with Gasteiger partial charge in [0.05, 0.1) is 5.56 Å². The number of carboxylic acid groups (broad SMARTS) is 2. The molecule has 0 saturated carbocycles. The van der Waals surface area contributed by atoms with Crippen molar-refractivity contribution in [2.75, 3.05) is 13.1 Å². The van der Waals surface area contributed by atoms with Crippen molar-refractivity contribution in [1.29, 1.82) is 0 Å². The molecule has 242 valence electrons. The molecule has 0 radical (unpaired) electrons. The van der Waals surface area contributed by atoms with E-state index < -0.39 is 11.9 Å². The summed E-state index contributed by atoms with van der Waals surface area (Å²) < 4.78 is 6.36. The Balaban J connectivity index is 1.43. The highest BCUT2D eigenvalue weighted by Gasteiger charge is 2.22. The first kappa shape index (κ1) is 34.5. The summed E-state index contributed by atoms with van der Waals surface area (Å²) in [5.74, 6) is -0.831. The molecule has 0 aliphatic rings. The van der Waals surface area contributed by atoms with Gasteiger partial charge in [-0.25, -0.2) is 4.79 Å². The maximum Gasteiger partial charge on any atom is 0.335 e. The molecule has 0 saturated heterocycles. The number of hydrogen-bond acceptors (Lipinski definition) is 4. The largest absolute Gasteiger partial charge is 0.489 e. The maximum absolute atomic E-state index is 11.6. The lowest BCUT2D eigenvalue weighted by Gasteiger charge is -2.33. The minimum atomic E-state index is -0.928. The van der Waals surface area contributed by atoms with E-state index in [4.69, 9.17) is 4.74 Å². The minimum Gasteiger partial charge on any atom is -0.489 e. The Morgan fingerprint density at radius 2 is 1.43 bits per heavy atom. The molecule has 1 atom stereocenters. The molecule has 4 rings (SSSR count). The van der Waals surface area contributed by atoms with Gasteiger partial charge in [-0.15, -0.1) is 0 Å². The average molecular weight is 622 g/mol. The van der Waals surface area contributed by atoms with Crippen LogP contribution < -0.4 is 4.74 Å². The zero-order valence-corrected chi connectivity index (χ0v) is 27.2. The van der Waals surface area contributed by atoms with Crippen LogP contribution in [0.25, 0.3) is 0 Å². The molecule has 0 aliphatic carbocycles. The summed E-state index contributed by atoms with van der Waals surface area (Å²) in [4.78, 5) is 25.2. The summed E-state index contributed by atoms with van der Waals surface area (Å²) in [7, 11) is 0. The Bertz CT molecular complexity index is 1530. The van der Waals surface area contributed by atoms with E-state index >= 15 is 0 Å². The maximum atomic E-state index is 11.6. The smallest absolute Gasteiger partial charge is 0.335 e. The van der Waals surface area contributed by atoms with Crippen molar-refractivity contribution >= 4 is 11.9 Å². The Kier molecular flexibility index (Phi) is 13.4. The summed E-state index contributed by atoms with van der Waals surface area (Å²) in [6.45, 7) is 6.16. The van der Waals surface area contributed by atoms with Crippen LogP contribution in [0.4, 0.5) is 0 Å². The van der Waals surface area contributed by atoms with Crippen molar-refractivity contribution in [2.45, 2.75) is 77.9 Å². The standard InChI is InChI=1S/C40H47NO5/c1-3-11-37(36-24-23-35(40(44)45)28-30(36)2)41(26-10-9-16-39(42)43)27-25-34-14-7-8-15-38(34)46-29-33-21-19-32(20-22-33)18-17-31-12-5-4-6-13-31/h4-8,12-15,19-24,28,37H,3,9-11,16-18,25-27,29H2,1-2H3,(H,42,43)(H,44,45). The monoisotopic (exact) mass is 621 g/mol. The van der Waals surface area contributed by atoms with Crippen molar-refractivity contribution < 1.29 is 24.5 Å². The molecule has 6 heteroatoms. The number of ether oxygens (including phenoxy) is 1. The summed E-state index contributed by atoms with van der Waals surface area (Å²) in [6.07, 6.45) is 6.25. The number of carboxylic acids is 2. The van der Waals surface area contributed by atoms with Crippen molar-refractivity contribution in [3.05, 3.63) is 136 Å². The van der Waals surface area contributed by atoms with Gasteiger partial charge >= 0.3 is 11.9 Å². The number of carbonyl (C=O) groups is 2. The molecule has 0 aromatic heterocycles. The molecular formula is C40H47NO5. The van der Waals surface area contributed by atoms with Gasteiger partial charge in [-0.05, 0) is 104 Å². The molecule has 0 fully saturated rings. The second kappa shape index (κ2) is 17.9. The number of hydrogen-bond donors (Lipinski definition) is 2. The van der Waals surface area contributed by atoms with Crippen LogP contribution in [-0.2, 0) is 30.7 Å². The lowest BCUT2D eigenvalue weighted by atomic mass is 9.94. The zero-order chi connectivity index (χ0) is 32.7. The Morgan fingerprint density at radius 1 is 0.761 bits per heavy atom. The fraction of sp³-hybridized carbons (Fsp3) is 0.350. The molecule has 0 heterocycles. The van der Waals surface area contributed by atoms with E-state index in [-0.39, 0.29) is 18.0 Å². The van der Waals surface area contributed by atoms with Gasteiger partial charge in [0.1, 0.15) is 12.4 Å². The summed E-state index contributed by atoms with van der Waals surface area (Å²) in [6, 6.07) is 32.9. The number of nitrogens with zero attached hydrogens (tertiary/aromatic N) is 1. The lowest BCUT2D eigenvalue weighted by molar-refractivity contribution is -0.137. The zero-order valence-electron chi connectivity index (χ0n) is 27.2. The van der Waals surface area contributed by atoms with E-state index in [1.807, 2.05) is 37.3 Å². The predicted molar refractivity (Wildman–Crippen MR) is 184 cm³/mol. The lowest BCUT2D eigenvalue weighted by Crippen LogP contribution is -2.32. The van der Waals surface area contributed by atoms with E-state index in [0.29, 0.717) is 13.0 Å². The van der Waals surface area contributed by atoms with Crippen molar-refractivity contribution in [3.63, 3.8) is 0 Å². The van der Waals surface area contributed by atoms with Gasteiger partial charge in [0.2, 0.25) is 0 Å². The molecule has 0 bridgehead atoms. The van der Waals surface area contributed by atoms with Crippen LogP contribution in [0.15, 0.2) is 97.1 Å². The first-order valence-electron chi connectivity index (χ1n) is 16.5. The molecule has 0 aliphatic heterocycles. The molecule has 6 nitrogen and oxygen atoms in total. The van der Waals surface area contributed by atoms with Crippen molar-refractivity contribution in [2.24, 2.45) is 0 Å². The third-order valence-electron chi connectivity index (χ3n) is 8.57. The van der Waals surface area contributed by atoms with Gasteiger partial charge in [-0.2, -0.15) is 0 Å². The molecule has 4 aromatic rings. The molecule has 1 unspecified atom stereocenters. The molecule has 2 N–H and O–H groups in total. The number of aliphatic carboxylic acids is 1. The van der Waals surface area contributed by atoms with Gasteiger partial charge < -0.3 is 14.9 Å². The number of unbranched alkanes of at least 4 members (excludes halogenated alkanes) is 1. The molecule has 0 spiro atoms. The molecule has 4 aromatic carbocycles. The second-order valence-electron chi connectivity index (χ2n) is 12.0. The van der Waals surface area contributed by atoms with Crippen LogP contribution in [0.5, 0.6) is 5.75 Å². The second-order valence-corrected chi connectivity index (χ2v) is 12.0. The van der Waals surface area contributed by atoms with E-state index in [1.54, 1.807) is 12.1 Å². The normalized spacial score (nSPS) is 11.8. The van der Waals surface area contributed by atoms with Gasteiger partial charge in [-0.1, -0.05) is 92.2 Å². The first-order valence-corrected chi connectivity index (χ1v) is 16.5. The average Bonchev–Trinajstić information content (AvgIpc) is 3.06. The fourth-order valence-corrected chi connectivity index (χ4v) is 6.02. The highest BCUT2D eigenvalue weighted by Crippen LogP contribution is 2.31. The van der Waals surface area contributed by atoms with Crippen LogP contribution in [0.3, 0.4) is 0 Å². The van der Waals surface area contributed by atoms with Crippen LogP contribution >= 0.6 is 0 Å². The van der Waals surface area contributed by atoms with Crippen LogP contribution in [0, 0.1) is 6.92 Å². The van der Waals surface area contributed by atoms with Gasteiger partial charge in [-0.3, -0.25) is 9.69 Å². The Morgan fingerprint density at radius 3 is 2.11 bits per heavy atom.